The molecule has 0 radical (unpaired) electrons. The highest BCUT2D eigenvalue weighted by Gasteiger charge is 2.36. The van der Waals surface area contributed by atoms with Crippen LogP contribution in [0.2, 0.25) is 0 Å². The van der Waals surface area contributed by atoms with Crippen molar-refractivity contribution in [3.63, 3.8) is 0 Å². The van der Waals surface area contributed by atoms with Crippen molar-refractivity contribution in [2.45, 2.75) is 32.7 Å². The molecule has 2 amide bonds. The Kier molecular flexibility index (Phi) is 4.51. The first kappa shape index (κ1) is 17.4. The fourth-order valence-corrected chi connectivity index (χ4v) is 4.11. The molecule has 0 N–H and O–H groups in total. The van der Waals surface area contributed by atoms with Crippen LogP contribution in [-0.4, -0.2) is 29.8 Å². The zero-order valence-corrected chi connectivity index (χ0v) is 15.4. The normalized spacial score (nSPS) is 17.1. The zero-order valence-electron chi connectivity index (χ0n) is 15.4. The summed E-state index contributed by atoms with van der Waals surface area (Å²) in [7, 11) is 0. The lowest BCUT2D eigenvalue weighted by molar-refractivity contribution is -0.121. The van der Waals surface area contributed by atoms with Crippen molar-refractivity contribution >= 4 is 17.5 Å². The van der Waals surface area contributed by atoms with E-state index in [1.807, 2.05) is 36.4 Å². The first-order valence-electron chi connectivity index (χ1n) is 9.36. The molecule has 2 aromatic rings. The first-order valence-corrected chi connectivity index (χ1v) is 9.36. The third kappa shape index (κ3) is 2.92. The fourth-order valence-electron chi connectivity index (χ4n) is 4.11. The lowest BCUT2D eigenvalue weighted by atomic mass is 9.87. The number of rotatable bonds is 3. The molecule has 2 aromatic carbocycles. The van der Waals surface area contributed by atoms with Crippen LogP contribution >= 0.6 is 0 Å². The molecule has 5 heteroatoms. The van der Waals surface area contributed by atoms with Crippen molar-refractivity contribution < 1.29 is 9.59 Å². The maximum Gasteiger partial charge on any atom is 0.234 e. The smallest absolute Gasteiger partial charge is 0.234 e. The summed E-state index contributed by atoms with van der Waals surface area (Å²) < 4.78 is 0. The van der Waals surface area contributed by atoms with Crippen molar-refractivity contribution in [1.29, 1.82) is 5.26 Å². The van der Waals surface area contributed by atoms with Gasteiger partial charge in [-0.25, -0.2) is 4.90 Å². The van der Waals surface area contributed by atoms with E-state index in [2.05, 4.69) is 17.9 Å². The van der Waals surface area contributed by atoms with Crippen LogP contribution < -0.4 is 4.90 Å². The number of anilines is 1. The molecule has 1 fully saturated rings. The summed E-state index contributed by atoms with van der Waals surface area (Å²) in [4.78, 5) is 28.4. The van der Waals surface area contributed by atoms with E-state index in [1.54, 1.807) is 0 Å². The van der Waals surface area contributed by atoms with Gasteiger partial charge < -0.3 is 0 Å². The average Bonchev–Trinajstić information content (AvgIpc) is 3.04. The molecule has 0 spiro atoms. The van der Waals surface area contributed by atoms with Crippen LogP contribution in [0.25, 0.3) is 11.1 Å². The lowest BCUT2D eigenvalue weighted by Gasteiger charge is -2.33. The number of hydrogen-bond acceptors (Lipinski definition) is 4. The van der Waals surface area contributed by atoms with Crippen LogP contribution in [0.3, 0.4) is 0 Å². The van der Waals surface area contributed by atoms with Gasteiger partial charge in [-0.05, 0) is 41.3 Å². The van der Waals surface area contributed by atoms with Crippen molar-refractivity contribution in [3.8, 4) is 17.2 Å². The van der Waals surface area contributed by atoms with E-state index < -0.39 is 0 Å². The van der Waals surface area contributed by atoms with Gasteiger partial charge in [0.15, 0.2) is 0 Å². The number of fused-ring (bicyclic) bond motifs is 1. The van der Waals surface area contributed by atoms with E-state index in [-0.39, 0.29) is 24.7 Å². The Bertz CT molecular complexity index is 944. The van der Waals surface area contributed by atoms with Gasteiger partial charge in [-0.2, -0.15) is 5.26 Å². The van der Waals surface area contributed by atoms with Crippen LogP contribution in [-0.2, 0) is 22.6 Å². The molecule has 2 aliphatic heterocycles. The Balaban J connectivity index is 1.98. The molecule has 0 aromatic heterocycles. The molecule has 4 rings (SSSR count). The Morgan fingerprint density at radius 2 is 1.74 bits per heavy atom. The topological polar surface area (TPSA) is 64.4 Å². The molecule has 0 atom stereocenters. The van der Waals surface area contributed by atoms with E-state index in [0.717, 1.165) is 41.8 Å². The van der Waals surface area contributed by atoms with Gasteiger partial charge in [0.25, 0.3) is 0 Å². The molecule has 136 valence electrons. The monoisotopic (exact) mass is 359 g/mol. The highest BCUT2D eigenvalue weighted by atomic mass is 16.2. The molecule has 1 saturated heterocycles. The molecule has 2 heterocycles. The number of carbonyl (C=O) groups excluding carboxylic acids is 2. The SMILES string of the molecule is CCN1CCc2c(-c3ccccc3)cc(C#N)c(N3C(=O)CCC3=O)c2C1. The van der Waals surface area contributed by atoms with Gasteiger partial charge in [0, 0.05) is 25.9 Å². The molecule has 27 heavy (non-hydrogen) atoms. The second-order valence-electron chi connectivity index (χ2n) is 7.00. The van der Waals surface area contributed by atoms with Gasteiger partial charge in [-0.15, -0.1) is 0 Å². The second kappa shape index (κ2) is 6.98. The van der Waals surface area contributed by atoms with Gasteiger partial charge >= 0.3 is 0 Å². The van der Waals surface area contributed by atoms with Crippen molar-refractivity contribution in [1.82, 2.24) is 4.90 Å². The molecule has 0 unspecified atom stereocenters. The highest BCUT2D eigenvalue weighted by molar-refractivity contribution is 6.21. The van der Waals surface area contributed by atoms with Crippen LogP contribution in [0, 0.1) is 11.3 Å². The molecular formula is C22H21N3O2. The number of nitriles is 1. The molecule has 0 saturated carbocycles. The van der Waals surface area contributed by atoms with Crippen LogP contribution in [0.15, 0.2) is 36.4 Å². The fraction of sp³-hybridized carbons (Fsp3) is 0.318. The van der Waals surface area contributed by atoms with Gasteiger partial charge in [0.2, 0.25) is 11.8 Å². The zero-order chi connectivity index (χ0) is 19.0. The first-order chi connectivity index (χ1) is 13.1. The number of benzene rings is 2. The standard InChI is InChI=1S/C22H21N3O2/c1-2-24-11-10-17-18(15-6-4-3-5-7-15)12-16(13-23)22(19(17)14-24)25-20(26)8-9-21(25)27/h3-7,12H,2,8-11,14H2,1H3. The Morgan fingerprint density at radius 1 is 1.04 bits per heavy atom. The largest absolute Gasteiger partial charge is 0.299 e. The van der Waals surface area contributed by atoms with E-state index >= 15 is 0 Å². The second-order valence-corrected chi connectivity index (χ2v) is 7.00. The number of hydrogen-bond donors (Lipinski definition) is 0. The predicted molar refractivity (Wildman–Crippen MR) is 103 cm³/mol. The highest BCUT2D eigenvalue weighted by Crippen LogP contribution is 2.40. The summed E-state index contributed by atoms with van der Waals surface area (Å²) in [6.45, 7) is 4.56. The van der Waals surface area contributed by atoms with E-state index in [0.29, 0.717) is 17.8 Å². The summed E-state index contributed by atoms with van der Waals surface area (Å²) in [6.07, 6.45) is 1.27. The Labute approximate surface area is 158 Å². The van der Waals surface area contributed by atoms with Crippen molar-refractivity contribution in [2.75, 3.05) is 18.0 Å². The van der Waals surface area contributed by atoms with Crippen LogP contribution in [0.5, 0.6) is 0 Å². The molecule has 0 bridgehead atoms. The number of amides is 2. The molecular weight excluding hydrogens is 338 g/mol. The van der Waals surface area contributed by atoms with Gasteiger partial charge in [0.05, 0.1) is 11.3 Å². The minimum atomic E-state index is -0.209. The van der Waals surface area contributed by atoms with Gasteiger partial charge in [-0.1, -0.05) is 37.3 Å². The molecule has 5 nitrogen and oxygen atoms in total. The summed E-state index contributed by atoms with van der Waals surface area (Å²) in [6, 6.07) is 14.1. The third-order valence-electron chi connectivity index (χ3n) is 5.51. The molecule has 0 aliphatic carbocycles. The van der Waals surface area contributed by atoms with Gasteiger partial charge in [0.1, 0.15) is 6.07 Å². The quantitative estimate of drug-likeness (QED) is 0.789. The van der Waals surface area contributed by atoms with E-state index in [1.165, 1.54) is 4.90 Å². The predicted octanol–water partition coefficient (Wildman–Crippen LogP) is 3.26. The lowest BCUT2D eigenvalue weighted by Crippen LogP contribution is -2.35. The number of imide groups is 1. The summed E-state index contributed by atoms with van der Waals surface area (Å²) in [5, 5.41) is 9.83. The maximum absolute atomic E-state index is 12.4. The van der Waals surface area contributed by atoms with Gasteiger partial charge in [-0.3, -0.25) is 14.5 Å². The van der Waals surface area contributed by atoms with E-state index in [9.17, 15) is 14.9 Å². The minimum absolute atomic E-state index is 0.209. The number of carbonyl (C=O) groups is 2. The summed E-state index contributed by atoms with van der Waals surface area (Å²) in [5.74, 6) is -0.417. The summed E-state index contributed by atoms with van der Waals surface area (Å²) in [5.41, 5.74) is 5.09. The van der Waals surface area contributed by atoms with Crippen LogP contribution in [0.4, 0.5) is 5.69 Å². The van der Waals surface area contributed by atoms with Crippen molar-refractivity contribution in [3.05, 3.63) is 53.1 Å². The number of likely N-dealkylation sites (N-methyl/N-ethyl adjacent to an activating group) is 1. The summed E-state index contributed by atoms with van der Waals surface area (Å²) >= 11 is 0. The van der Waals surface area contributed by atoms with Crippen molar-refractivity contribution in [2.24, 2.45) is 0 Å². The maximum atomic E-state index is 12.4. The minimum Gasteiger partial charge on any atom is -0.299 e. The average molecular weight is 359 g/mol. The van der Waals surface area contributed by atoms with Crippen LogP contribution in [0.1, 0.15) is 36.5 Å². The molecule has 2 aliphatic rings. The number of nitrogens with zero attached hydrogens (tertiary/aromatic N) is 3. The Morgan fingerprint density at radius 3 is 2.37 bits per heavy atom. The third-order valence-corrected chi connectivity index (χ3v) is 5.51. The Hall–Kier alpha value is -2.97. The van der Waals surface area contributed by atoms with E-state index in [4.69, 9.17) is 0 Å².